The minimum atomic E-state index is -0.217. The molecule has 0 radical (unpaired) electrons. The maximum atomic E-state index is 12.3. The third-order valence-electron chi connectivity index (χ3n) is 6.37. The molecule has 5 heteroatoms. The van der Waals surface area contributed by atoms with Gasteiger partial charge in [0.2, 0.25) is 0 Å². The molecule has 3 aromatic carbocycles. The summed E-state index contributed by atoms with van der Waals surface area (Å²) in [5, 5.41) is 5.84. The van der Waals surface area contributed by atoms with Crippen LogP contribution in [-0.4, -0.2) is 43.7 Å². The van der Waals surface area contributed by atoms with E-state index in [0.29, 0.717) is 0 Å². The number of hydrogen-bond donors (Lipinski definition) is 2. The lowest BCUT2D eigenvalue weighted by Gasteiger charge is -2.36. The van der Waals surface area contributed by atoms with Gasteiger partial charge in [0.25, 0.3) is 0 Å². The van der Waals surface area contributed by atoms with Crippen LogP contribution >= 0.6 is 0 Å². The van der Waals surface area contributed by atoms with Crippen LogP contribution in [0.2, 0.25) is 0 Å². The fourth-order valence-corrected chi connectivity index (χ4v) is 4.63. The highest BCUT2D eigenvalue weighted by molar-refractivity contribution is 5.99. The molecule has 1 heterocycles. The van der Waals surface area contributed by atoms with Crippen LogP contribution in [0.4, 0.5) is 21.9 Å². The van der Waals surface area contributed by atoms with Crippen molar-refractivity contribution in [2.24, 2.45) is 0 Å². The van der Waals surface area contributed by atoms with E-state index in [0.717, 1.165) is 55.1 Å². The molecule has 0 aliphatic carbocycles. The normalized spacial score (nSPS) is 14.1. The average Bonchev–Trinajstić information content (AvgIpc) is 2.83. The van der Waals surface area contributed by atoms with E-state index in [1.807, 2.05) is 38.1 Å². The third kappa shape index (κ3) is 7.09. The van der Waals surface area contributed by atoms with Gasteiger partial charge in [-0.3, -0.25) is 4.90 Å². The Morgan fingerprint density at radius 3 is 2.09 bits per heavy atom. The molecule has 5 nitrogen and oxygen atoms in total. The van der Waals surface area contributed by atoms with Crippen LogP contribution in [0.5, 0.6) is 0 Å². The smallest absolute Gasteiger partial charge is 0.323 e. The number of nitrogens with zero attached hydrogens (tertiary/aromatic N) is 2. The molecule has 1 saturated heterocycles. The van der Waals surface area contributed by atoms with Crippen LogP contribution in [0.1, 0.15) is 29.5 Å². The summed E-state index contributed by atoms with van der Waals surface area (Å²) in [6.45, 7) is 9.71. The summed E-state index contributed by atoms with van der Waals surface area (Å²) in [6.07, 6.45) is 3.46. The SMILES string of the molecule is Cc1cc(C)cc(NC(=O)Nc2ccc(CCCCN3CCN(c4ccccc4)CC3)cc2)c1. The maximum absolute atomic E-state index is 12.3. The van der Waals surface area contributed by atoms with Crippen molar-refractivity contribution in [1.82, 2.24) is 4.90 Å². The van der Waals surface area contributed by atoms with Gasteiger partial charge in [-0.1, -0.05) is 36.4 Å². The number of rotatable bonds is 8. The first-order valence-electron chi connectivity index (χ1n) is 12.3. The second-order valence-corrected chi connectivity index (χ2v) is 9.27. The number of carbonyl (C=O) groups is 1. The summed E-state index contributed by atoms with van der Waals surface area (Å²) < 4.78 is 0. The van der Waals surface area contributed by atoms with Crippen molar-refractivity contribution in [3.8, 4) is 0 Å². The van der Waals surface area contributed by atoms with Crippen LogP contribution in [0.25, 0.3) is 0 Å². The topological polar surface area (TPSA) is 47.6 Å². The fourth-order valence-electron chi connectivity index (χ4n) is 4.63. The zero-order chi connectivity index (χ0) is 23.8. The molecule has 2 N–H and O–H groups in total. The molecule has 3 aromatic rings. The molecule has 4 rings (SSSR count). The van der Waals surface area contributed by atoms with Gasteiger partial charge in [0.15, 0.2) is 0 Å². The van der Waals surface area contributed by atoms with Gasteiger partial charge in [-0.25, -0.2) is 4.79 Å². The van der Waals surface area contributed by atoms with Crippen LogP contribution in [0, 0.1) is 13.8 Å². The first kappa shape index (κ1) is 23.8. The van der Waals surface area contributed by atoms with Gasteiger partial charge in [-0.05, 0) is 92.7 Å². The summed E-state index contributed by atoms with van der Waals surface area (Å²) in [7, 11) is 0. The van der Waals surface area contributed by atoms with E-state index < -0.39 is 0 Å². The van der Waals surface area contributed by atoms with Crippen LogP contribution < -0.4 is 15.5 Å². The Morgan fingerprint density at radius 2 is 1.41 bits per heavy atom. The predicted molar refractivity (Wildman–Crippen MR) is 143 cm³/mol. The van der Waals surface area contributed by atoms with Gasteiger partial charge in [-0.15, -0.1) is 0 Å². The number of nitrogens with one attached hydrogen (secondary N) is 2. The summed E-state index contributed by atoms with van der Waals surface area (Å²) in [4.78, 5) is 17.4. The lowest BCUT2D eigenvalue weighted by Crippen LogP contribution is -2.46. The molecule has 0 aromatic heterocycles. The number of carbonyl (C=O) groups excluding carboxylic acids is 1. The van der Waals surface area contributed by atoms with E-state index in [-0.39, 0.29) is 6.03 Å². The van der Waals surface area contributed by atoms with Gasteiger partial charge < -0.3 is 15.5 Å². The summed E-state index contributed by atoms with van der Waals surface area (Å²) in [5.74, 6) is 0. The zero-order valence-electron chi connectivity index (χ0n) is 20.4. The lowest BCUT2D eigenvalue weighted by atomic mass is 10.1. The molecule has 1 aliphatic heterocycles. The Balaban J connectivity index is 1.14. The van der Waals surface area contributed by atoms with Crippen LogP contribution in [0.15, 0.2) is 72.8 Å². The molecular formula is C29H36N4O. The average molecular weight is 457 g/mol. The number of benzene rings is 3. The molecule has 2 amide bonds. The maximum Gasteiger partial charge on any atom is 0.323 e. The molecule has 0 atom stereocenters. The first-order valence-corrected chi connectivity index (χ1v) is 12.3. The highest BCUT2D eigenvalue weighted by Crippen LogP contribution is 2.17. The summed E-state index contributed by atoms with van der Waals surface area (Å²) in [6, 6.07) is 24.7. The Labute approximate surface area is 203 Å². The fraction of sp³-hybridized carbons (Fsp3) is 0.345. The van der Waals surface area contributed by atoms with Crippen LogP contribution in [0.3, 0.4) is 0 Å². The largest absolute Gasteiger partial charge is 0.369 e. The van der Waals surface area contributed by atoms with E-state index in [2.05, 4.69) is 69.0 Å². The molecule has 34 heavy (non-hydrogen) atoms. The molecule has 1 fully saturated rings. The van der Waals surface area contributed by atoms with E-state index in [1.165, 1.54) is 30.6 Å². The van der Waals surface area contributed by atoms with Crippen molar-refractivity contribution in [2.45, 2.75) is 33.1 Å². The second-order valence-electron chi connectivity index (χ2n) is 9.27. The number of urea groups is 1. The monoisotopic (exact) mass is 456 g/mol. The molecule has 0 unspecified atom stereocenters. The van der Waals surface area contributed by atoms with Crippen LogP contribution in [-0.2, 0) is 6.42 Å². The van der Waals surface area contributed by atoms with Crippen molar-refractivity contribution in [3.63, 3.8) is 0 Å². The minimum absolute atomic E-state index is 0.217. The zero-order valence-corrected chi connectivity index (χ0v) is 20.4. The summed E-state index contributed by atoms with van der Waals surface area (Å²) >= 11 is 0. The van der Waals surface area contributed by atoms with Crippen molar-refractivity contribution >= 4 is 23.1 Å². The highest BCUT2D eigenvalue weighted by atomic mass is 16.2. The third-order valence-corrected chi connectivity index (χ3v) is 6.37. The second kappa shape index (κ2) is 11.7. The quantitative estimate of drug-likeness (QED) is 0.403. The minimum Gasteiger partial charge on any atom is -0.369 e. The molecule has 0 saturated carbocycles. The number of amides is 2. The molecule has 178 valence electrons. The van der Waals surface area contributed by atoms with Crippen molar-refractivity contribution in [1.29, 1.82) is 0 Å². The Hall–Kier alpha value is -3.31. The van der Waals surface area contributed by atoms with E-state index in [4.69, 9.17) is 0 Å². The van der Waals surface area contributed by atoms with Gasteiger partial charge in [0.1, 0.15) is 0 Å². The first-order chi connectivity index (χ1) is 16.5. The lowest BCUT2D eigenvalue weighted by molar-refractivity contribution is 0.253. The molecule has 1 aliphatic rings. The van der Waals surface area contributed by atoms with Crippen molar-refractivity contribution in [2.75, 3.05) is 48.3 Å². The van der Waals surface area contributed by atoms with E-state index in [1.54, 1.807) is 0 Å². The van der Waals surface area contributed by atoms with Gasteiger partial charge in [-0.2, -0.15) is 0 Å². The predicted octanol–water partition coefficient (Wildman–Crippen LogP) is 6.09. The van der Waals surface area contributed by atoms with Crippen molar-refractivity contribution < 1.29 is 4.79 Å². The van der Waals surface area contributed by atoms with Gasteiger partial charge in [0.05, 0.1) is 0 Å². The number of anilines is 3. The molecule has 0 bridgehead atoms. The van der Waals surface area contributed by atoms with Gasteiger partial charge >= 0.3 is 6.03 Å². The number of para-hydroxylation sites is 1. The standard InChI is InChI=1S/C29H36N4O/c1-23-20-24(2)22-27(21-23)31-29(34)30-26-13-11-25(12-14-26)8-6-7-15-32-16-18-33(19-17-32)28-9-4-3-5-10-28/h3-5,9-14,20-22H,6-8,15-19H2,1-2H3,(H2,30,31,34). The van der Waals surface area contributed by atoms with Gasteiger partial charge in [0, 0.05) is 43.2 Å². The van der Waals surface area contributed by atoms with E-state index >= 15 is 0 Å². The highest BCUT2D eigenvalue weighted by Gasteiger charge is 2.16. The Morgan fingerprint density at radius 1 is 0.765 bits per heavy atom. The molecule has 0 spiro atoms. The van der Waals surface area contributed by atoms with Crippen molar-refractivity contribution in [3.05, 3.63) is 89.5 Å². The Kier molecular flexibility index (Phi) is 8.21. The Bertz CT molecular complexity index is 1040. The summed E-state index contributed by atoms with van der Waals surface area (Å²) in [5.41, 5.74) is 6.54. The number of unbranched alkanes of at least 4 members (excludes halogenated alkanes) is 1. The number of hydrogen-bond acceptors (Lipinski definition) is 3. The van der Waals surface area contributed by atoms with E-state index in [9.17, 15) is 4.79 Å². The molecular weight excluding hydrogens is 420 g/mol. The number of piperazine rings is 1. The number of aryl methyl sites for hydroxylation is 3.